The van der Waals surface area contributed by atoms with Crippen molar-refractivity contribution < 1.29 is 28.5 Å². The molecule has 1 aliphatic heterocycles. The predicted molar refractivity (Wildman–Crippen MR) is 100 cm³/mol. The Morgan fingerprint density at radius 2 is 1.56 bits per heavy atom. The van der Waals surface area contributed by atoms with Crippen molar-refractivity contribution in [2.24, 2.45) is 0 Å². The van der Waals surface area contributed by atoms with Crippen LogP contribution in [0.5, 0.6) is 17.2 Å². The molecule has 150 valence electrons. The number of piperidine rings is 1. The summed E-state index contributed by atoms with van der Waals surface area (Å²) in [4.78, 5) is 26.5. The molecule has 27 heavy (non-hydrogen) atoms. The summed E-state index contributed by atoms with van der Waals surface area (Å²) in [6.45, 7) is 3.83. The zero-order valence-electron chi connectivity index (χ0n) is 16.7. The molecule has 1 amide bonds. The maximum Gasteiger partial charge on any atom is 0.310 e. The molecule has 2 rings (SSSR count). The largest absolute Gasteiger partial charge is 0.493 e. The Morgan fingerprint density at radius 1 is 1.00 bits per heavy atom. The van der Waals surface area contributed by atoms with Gasteiger partial charge >= 0.3 is 5.97 Å². The van der Waals surface area contributed by atoms with Crippen molar-refractivity contribution in [1.82, 2.24) is 4.90 Å². The second-order valence-electron chi connectivity index (χ2n) is 6.80. The van der Waals surface area contributed by atoms with Crippen molar-refractivity contribution in [3.63, 3.8) is 0 Å². The van der Waals surface area contributed by atoms with Crippen LogP contribution in [-0.2, 0) is 20.7 Å². The lowest BCUT2D eigenvalue weighted by atomic mass is 9.97. The van der Waals surface area contributed by atoms with Crippen molar-refractivity contribution in [3.05, 3.63) is 17.7 Å². The molecule has 0 unspecified atom stereocenters. The van der Waals surface area contributed by atoms with Gasteiger partial charge in [-0.3, -0.25) is 9.59 Å². The fraction of sp³-hybridized carbons (Fsp3) is 0.600. The quantitative estimate of drug-likeness (QED) is 0.678. The molecule has 1 heterocycles. The van der Waals surface area contributed by atoms with Crippen LogP contribution in [0.2, 0.25) is 0 Å². The molecule has 7 heteroatoms. The maximum absolute atomic E-state index is 12.5. The lowest BCUT2D eigenvalue weighted by Gasteiger charge is -2.38. The van der Waals surface area contributed by atoms with E-state index in [-0.39, 0.29) is 31.0 Å². The first-order valence-corrected chi connectivity index (χ1v) is 9.16. The van der Waals surface area contributed by atoms with Gasteiger partial charge in [0.2, 0.25) is 5.75 Å². The van der Waals surface area contributed by atoms with Gasteiger partial charge in [0, 0.05) is 12.1 Å². The highest BCUT2D eigenvalue weighted by Crippen LogP contribution is 2.38. The maximum atomic E-state index is 12.5. The van der Waals surface area contributed by atoms with Crippen molar-refractivity contribution in [1.29, 1.82) is 0 Å². The molecule has 0 aliphatic carbocycles. The number of ether oxygens (including phenoxy) is 4. The molecule has 0 bridgehead atoms. The molecule has 0 spiro atoms. The summed E-state index contributed by atoms with van der Waals surface area (Å²) in [5.41, 5.74) is 0.654. The highest BCUT2D eigenvalue weighted by molar-refractivity contribution is 5.82. The van der Waals surface area contributed by atoms with Gasteiger partial charge in [-0.1, -0.05) is 0 Å². The van der Waals surface area contributed by atoms with Crippen LogP contribution in [0.4, 0.5) is 0 Å². The minimum atomic E-state index is -0.477. The number of methoxy groups -OCH3 is 3. The fourth-order valence-electron chi connectivity index (χ4n) is 3.58. The Labute approximate surface area is 160 Å². The predicted octanol–water partition coefficient (Wildman–Crippen LogP) is 2.59. The summed E-state index contributed by atoms with van der Waals surface area (Å²) in [7, 11) is 4.54. The van der Waals surface area contributed by atoms with E-state index in [1.165, 1.54) is 21.3 Å². The number of rotatable bonds is 7. The lowest BCUT2D eigenvalue weighted by Crippen LogP contribution is -2.49. The zero-order chi connectivity index (χ0) is 20.0. The first-order chi connectivity index (χ1) is 12.9. The van der Waals surface area contributed by atoms with E-state index in [2.05, 4.69) is 0 Å². The molecule has 1 fully saturated rings. The molecule has 0 radical (unpaired) electrons. The summed E-state index contributed by atoms with van der Waals surface area (Å²) in [6.07, 6.45) is 3.09. The van der Waals surface area contributed by atoms with E-state index < -0.39 is 5.97 Å². The molecular weight excluding hydrogens is 350 g/mol. The van der Waals surface area contributed by atoms with Crippen LogP contribution in [-0.4, -0.2) is 56.8 Å². The number of amides is 1. The topological polar surface area (TPSA) is 74.3 Å². The average molecular weight is 379 g/mol. The van der Waals surface area contributed by atoms with Gasteiger partial charge in [0.05, 0.1) is 27.8 Å². The molecule has 0 saturated carbocycles. The van der Waals surface area contributed by atoms with Gasteiger partial charge in [-0.15, -0.1) is 0 Å². The molecule has 7 nitrogen and oxygen atoms in total. The van der Waals surface area contributed by atoms with Gasteiger partial charge in [-0.2, -0.15) is 0 Å². The fourth-order valence-corrected chi connectivity index (χ4v) is 3.58. The number of carbonyl (C=O) groups is 2. The van der Waals surface area contributed by atoms with Crippen LogP contribution in [0.1, 0.15) is 38.7 Å². The average Bonchev–Trinajstić information content (AvgIpc) is 2.65. The third kappa shape index (κ3) is 5.05. The van der Waals surface area contributed by atoms with Gasteiger partial charge in [-0.25, -0.2) is 0 Å². The van der Waals surface area contributed by atoms with Crippen molar-refractivity contribution >= 4 is 11.9 Å². The highest BCUT2D eigenvalue weighted by Gasteiger charge is 2.29. The van der Waals surface area contributed by atoms with E-state index in [0.29, 0.717) is 22.8 Å². The third-order valence-electron chi connectivity index (χ3n) is 4.91. The van der Waals surface area contributed by atoms with E-state index in [9.17, 15) is 9.59 Å². The summed E-state index contributed by atoms with van der Waals surface area (Å²) in [5, 5.41) is 0. The standard InChI is InChI=1S/C20H29NO6/c1-13-7-6-8-14(2)21(13)18(22)12-27-19(23)11-15-9-16(24-3)20(26-5)17(10-15)25-4/h9-10,13-14H,6-8,11-12H2,1-5H3/t13-,14+. The van der Waals surface area contributed by atoms with Crippen molar-refractivity contribution in [3.8, 4) is 17.2 Å². The van der Waals surface area contributed by atoms with Crippen molar-refractivity contribution in [2.75, 3.05) is 27.9 Å². The number of carbonyl (C=O) groups excluding carboxylic acids is 2. The van der Waals surface area contributed by atoms with Gasteiger partial charge in [-0.05, 0) is 50.8 Å². The third-order valence-corrected chi connectivity index (χ3v) is 4.91. The summed E-state index contributed by atoms with van der Waals surface area (Å²) >= 11 is 0. The summed E-state index contributed by atoms with van der Waals surface area (Å²) in [6, 6.07) is 3.74. The summed E-state index contributed by atoms with van der Waals surface area (Å²) < 4.78 is 21.1. The molecule has 2 atom stereocenters. The Kier molecular flexibility index (Phi) is 7.33. The number of likely N-dealkylation sites (tertiary alicyclic amines) is 1. The highest BCUT2D eigenvalue weighted by atomic mass is 16.5. The van der Waals surface area contributed by atoms with Crippen LogP contribution in [0.25, 0.3) is 0 Å². The van der Waals surface area contributed by atoms with E-state index in [1.807, 2.05) is 18.7 Å². The van der Waals surface area contributed by atoms with Gasteiger partial charge < -0.3 is 23.8 Å². The molecule has 1 aromatic rings. The smallest absolute Gasteiger partial charge is 0.310 e. The Morgan fingerprint density at radius 3 is 2.04 bits per heavy atom. The monoisotopic (exact) mass is 379 g/mol. The molecular formula is C20H29NO6. The van der Waals surface area contributed by atoms with Crippen LogP contribution >= 0.6 is 0 Å². The van der Waals surface area contributed by atoms with E-state index in [0.717, 1.165) is 19.3 Å². The number of esters is 1. The first-order valence-electron chi connectivity index (χ1n) is 9.16. The summed E-state index contributed by atoms with van der Waals surface area (Å²) in [5.74, 6) is 0.765. The van der Waals surface area contributed by atoms with Crippen LogP contribution in [0.3, 0.4) is 0 Å². The minimum Gasteiger partial charge on any atom is -0.493 e. The zero-order valence-corrected chi connectivity index (χ0v) is 16.7. The van der Waals surface area contributed by atoms with Crippen LogP contribution in [0, 0.1) is 0 Å². The minimum absolute atomic E-state index is 0.00903. The Bertz CT molecular complexity index is 639. The van der Waals surface area contributed by atoms with Gasteiger partial charge in [0.25, 0.3) is 5.91 Å². The molecule has 1 aromatic carbocycles. The first kappa shape index (κ1) is 20.9. The van der Waals surface area contributed by atoms with Gasteiger partial charge in [0.1, 0.15) is 0 Å². The molecule has 0 N–H and O–H groups in total. The van der Waals surface area contributed by atoms with E-state index in [1.54, 1.807) is 12.1 Å². The Hall–Kier alpha value is -2.44. The van der Waals surface area contributed by atoms with Crippen LogP contribution < -0.4 is 14.2 Å². The second-order valence-corrected chi connectivity index (χ2v) is 6.80. The van der Waals surface area contributed by atoms with E-state index >= 15 is 0 Å². The lowest BCUT2D eigenvalue weighted by molar-refractivity contribution is -0.154. The number of benzene rings is 1. The number of nitrogens with zero attached hydrogens (tertiary/aromatic N) is 1. The van der Waals surface area contributed by atoms with Gasteiger partial charge in [0.15, 0.2) is 18.1 Å². The van der Waals surface area contributed by atoms with E-state index in [4.69, 9.17) is 18.9 Å². The molecule has 1 saturated heterocycles. The number of hydrogen-bond donors (Lipinski definition) is 0. The Balaban J connectivity index is 1.98. The normalized spacial score (nSPS) is 19.4. The molecule has 0 aromatic heterocycles. The number of hydrogen-bond acceptors (Lipinski definition) is 6. The SMILES string of the molecule is COc1cc(CC(=O)OCC(=O)N2[C@H](C)CCC[C@@H]2C)cc(OC)c1OC. The van der Waals surface area contributed by atoms with Crippen molar-refractivity contribution in [2.45, 2.75) is 51.6 Å². The molecule has 1 aliphatic rings. The van der Waals surface area contributed by atoms with Crippen LogP contribution in [0.15, 0.2) is 12.1 Å². The second kappa shape index (κ2) is 9.48.